The van der Waals surface area contributed by atoms with Gasteiger partial charge in [0.1, 0.15) is 5.69 Å². The van der Waals surface area contributed by atoms with E-state index in [-0.39, 0.29) is 6.04 Å². The maximum Gasteiger partial charge on any atom is 0.106 e. The number of anilines is 1. The molecule has 0 spiro atoms. The number of hydrogen-bond acceptors (Lipinski definition) is 3. The number of halogens is 1. The SMILES string of the molecule is CC(CN)Nc1cccc(Cl)c1-n1cccn1. The summed E-state index contributed by atoms with van der Waals surface area (Å²) in [6, 6.07) is 7.76. The number of rotatable bonds is 4. The largest absolute Gasteiger partial charge is 0.380 e. The van der Waals surface area contributed by atoms with Crippen molar-refractivity contribution in [2.24, 2.45) is 5.73 Å². The molecule has 17 heavy (non-hydrogen) atoms. The Kier molecular flexibility index (Phi) is 3.66. The first-order valence-corrected chi connectivity index (χ1v) is 5.85. The Morgan fingerprint density at radius 1 is 1.47 bits per heavy atom. The molecule has 2 aromatic rings. The minimum Gasteiger partial charge on any atom is -0.380 e. The van der Waals surface area contributed by atoms with Crippen molar-refractivity contribution in [3.05, 3.63) is 41.7 Å². The highest BCUT2D eigenvalue weighted by Crippen LogP contribution is 2.28. The van der Waals surface area contributed by atoms with Crippen LogP contribution in [0.25, 0.3) is 5.69 Å². The van der Waals surface area contributed by atoms with E-state index in [0.29, 0.717) is 11.6 Å². The molecule has 0 aliphatic heterocycles. The summed E-state index contributed by atoms with van der Waals surface area (Å²) < 4.78 is 1.74. The number of nitrogens with two attached hydrogens (primary N) is 1. The van der Waals surface area contributed by atoms with Crippen LogP contribution in [0.2, 0.25) is 5.02 Å². The lowest BCUT2D eigenvalue weighted by molar-refractivity contribution is 0.797. The fourth-order valence-corrected chi connectivity index (χ4v) is 1.85. The Morgan fingerprint density at radius 3 is 2.94 bits per heavy atom. The van der Waals surface area contributed by atoms with Crippen molar-refractivity contribution in [3.8, 4) is 5.69 Å². The van der Waals surface area contributed by atoms with E-state index in [2.05, 4.69) is 10.4 Å². The van der Waals surface area contributed by atoms with E-state index in [9.17, 15) is 0 Å². The summed E-state index contributed by atoms with van der Waals surface area (Å²) in [6.07, 6.45) is 3.58. The van der Waals surface area contributed by atoms with E-state index >= 15 is 0 Å². The van der Waals surface area contributed by atoms with Crippen LogP contribution in [0.5, 0.6) is 0 Å². The first-order chi connectivity index (χ1) is 8.22. The molecule has 0 saturated carbocycles. The van der Waals surface area contributed by atoms with Gasteiger partial charge in [-0.1, -0.05) is 17.7 Å². The molecule has 5 heteroatoms. The van der Waals surface area contributed by atoms with Crippen LogP contribution in [0, 0.1) is 0 Å². The third kappa shape index (κ3) is 2.60. The standard InChI is InChI=1S/C12H15ClN4/c1-9(8-14)16-11-5-2-4-10(13)12(11)17-7-3-6-15-17/h2-7,9,16H,8,14H2,1H3. The minimum absolute atomic E-state index is 0.183. The highest BCUT2D eigenvalue weighted by atomic mass is 35.5. The Balaban J connectivity index is 2.42. The van der Waals surface area contributed by atoms with Gasteiger partial charge >= 0.3 is 0 Å². The average Bonchev–Trinajstić information content (AvgIpc) is 2.82. The fourth-order valence-electron chi connectivity index (χ4n) is 1.59. The molecule has 1 heterocycles. The molecule has 0 aliphatic carbocycles. The molecule has 0 radical (unpaired) electrons. The quantitative estimate of drug-likeness (QED) is 0.875. The molecule has 1 aromatic carbocycles. The first-order valence-electron chi connectivity index (χ1n) is 5.47. The summed E-state index contributed by atoms with van der Waals surface area (Å²) in [5, 5.41) is 8.18. The molecule has 1 atom stereocenters. The van der Waals surface area contributed by atoms with Crippen LogP contribution in [0.1, 0.15) is 6.92 Å². The number of para-hydroxylation sites is 1. The molecular weight excluding hydrogens is 236 g/mol. The van der Waals surface area contributed by atoms with E-state index in [1.165, 1.54) is 0 Å². The number of nitrogens with zero attached hydrogens (tertiary/aromatic N) is 2. The molecule has 4 nitrogen and oxygen atoms in total. The molecule has 0 aliphatic rings. The van der Waals surface area contributed by atoms with E-state index in [4.69, 9.17) is 17.3 Å². The fraction of sp³-hybridized carbons (Fsp3) is 0.250. The van der Waals surface area contributed by atoms with E-state index in [0.717, 1.165) is 11.4 Å². The van der Waals surface area contributed by atoms with Crippen molar-refractivity contribution in [1.82, 2.24) is 9.78 Å². The zero-order chi connectivity index (χ0) is 12.3. The summed E-state index contributed by atoms with van der Waals surface area (Å²) in [7, 11) is 0. The summed E-state index contributed by atoms with van der Waals surface area (Å²) in [4.78, 5) is 0. The van der Waals surface area contributed by atoms with Gasteiger partial charge in [-0.2, -0.15) is 5.10 Å². The Labute approximate surface area is 105 Å². The maximum atomic E-state index is 6.22. The molecule has 2 rings (SSSR count). The number of nitrogens with one attached hydrogen (secondary N) is 1. The summed E-state index contributed by atoms with van der Waals surface area (Å²) in [5.41, 5.74) is 7.39. The predicted molar refractivity (Wildman–Crippen MR) is 70.7 cm³/mol. The molecule has 90 valence electrons. The van der Waals surface area contributed by atoms with Gasteiger partial charge in [-0.3, -0.25) is 0 Å². The molecule has 1 unspecified atom stereocenters. The second-order valence-corrected chi connectivity index (χ2v) is 4.27. The Bertz CT molecular complexity index is 481. The molecule has 0 fully saturated rings. The second kappa shape index (κ2) is 5.21. The smallest absolute Gasteiger partial charge is 0.106 e. The molecule has 3 N–H and O–H groups in total. The summed E-state index contributed by atoms with van der Waals surface area (Å²) >= 11 is 6.22. The molecule has 0 bridgehead atoms. The lowest BCUT2D eigenvalue weighted by Crippen LogP contribution is -2.25. The van der Waals surface area contributed by atoms with Crippen LogP contribution in [0.15, 0.2) is 36.7 Å². The van der Waals surface area contributed by atoms with Gasteiger partial charge in [-0.15, -0.1) is 0 Å². The monoisotopic (exact) mass is 250 g/mol. The zero-order valence-corrected chi connectivity index (χ0v) is 10.4. The third-order valence-electron chi connectivity index (χ3n) is 2.48. The van der Waals surface area contributed by atoms with Crippen molar-refractivity contribution in [2.75, 3.05) is 11.9 Å². The number of benzene rings is 1. The van der Waals surface area contributed by atoms with E-state index in [1.54, 1.807) is 10.9 Å². The summed E-state index contributed by atoms with van der Waals surface area (Å²) in [5.74, 6) is 0. The molecule has 0 amide bonds. The van der Waals surface area contributed by atoms with Crippen molar-refractivity contribution in [1.29, 1.82) is 0 Å². The van der Waals surface area contributed by atoms with Gasteiger partial charge in [0, 0.05) is 25.0 Å². The molecule has 1 aromatic heterocycles. The Hall–Kier alpha value is -1.52. The number of aromatic nitrogens is 2. The van der Waals surface area contributed by atoms with Crippen molar-refractivity contribution >= 4 is 17.3 Å². The van der Waals surface area contributed by atoms with Gasteiger partial charge in [0.15, 0.2) is 0 Å². The van der Waals surface area contributed by atoms with Gasteiger partial charge in [0.2, 0.25) is 0 Å². The average molecular weight is 251 g/mol. The highest BCUT2D eigenvalue weighted by Gasteiger charge is 2.10. The van der Waals surface area contributed by atoms with Crippen molar-refractivity contribution in [3.63, 3.8) is 0 Å². The lowest BCUT2D eigenvalue weighted by Gasteiger charge is -2.17. The maximum absolute atomic E-state index is 6.22. The summed E-state index contributed by atoms with van der Waals surface area (Å²) in [6.45, 7) is 2.58. The first kappa shape index (κ1) is 12.0. The van der Waals surface area contributed by atoms with Crippen LogP contribution in [-0.2, 0) is 0 Å². The second-order valence-electron chi connectivity index (χ2n) is 3.87. The van der Waals surface area contributed by atoms with Gasteiger partial charge in [0.25, 0.3) is 0 Å². The van der Waals surface area contributed by atoms with Gasteiger partial charge in [0.05, 0.1) is 10.7 Å². The van der Waals surface area contributed by atoms with Crippen molar-refractivity contribution < 1.29 is 0 Å². The zero-order valence-electron chi connectivity index (χ0n) is 9.60. The van der Waals surface area contributed by atoms with E-state index in [1.807, 2.05) is 37.4 Å². The highest BCUT2D eigenvalue weighted by molar-refractivity contribution is 6.33. The van der Waals surface area contributed by atoms with Crippen molar-refractivity contribution in [2.45, 2.75) is 13.0 Å². The lowest BCUT2D eigenvalue weighted by atomic mass is 10.2. The van der Waals surface area contributed by atoms with Crippen LogP contribution < -0.4 is 11.1 Å². The van der Waals surface area contributed by atoms with E-state index < -0.39 is 0 Å². The third-order valence-corrected chi connectivity index (χ3v) is 2.78. The van der Waals surface area contributed by atoms with Gasteiger partial charge in [-0.05, 0) is 25.1 Å². The van der Waals surface area contributed by atoms with Gasteiger partial charge in [-0.25, -0.2) is 4.68 Å². The Morgan fingerprint density at radius 2 is 2.29 bits per heavy atom. The normalized spacial score (nSPS) is 12.4. The van der Waals surface area contributed by atoms with Crippen LogP contribution in [0.3, 0.4) is 0 Å². The van der Waals surface area contributed by atoms with Gasteiger partial charge < -0.3 is 11.1 Å². The van der Waals surface area contributed by atoms with Crippen LogP contribution >= 0.6 is 11.6 Å². The molecule has 0 saturated heterocycles. The predicted octanol–water partition coefficient (Wildman–Crippen LogP) is 2.28. The number of hydrogen-bond donors (Lipinski definition) is 2. The minimum atomic E-state index is 0.183. The van der Waals surface area contributed by atoms with Crippen LogP contribution in [0.4, 0.5) is 5.69 Å². The topological polar surface area (TPSA) is 55.9 Å². The van der Waals surface area contributed by atoms with Crippen LogP contribution in [-0.4, -0.2) is 22.4 Å². The molecular formula is C12H15ClN4.